The molecule has 20 heavy (non-hydrogen) atoms. The minimum atomic E-state index is -1.30. The summed E-state index contributed by atoms with van der Waals surface area (Å²) in [4.78, 5) is 33.7. The number of anilines is 1. The molecule has 1 amide bonds. The van der Waals surface area contributed by atoms with Crippen LogP contribution in [-0.2, 0) is 14.3 Å². The predicted molar refractivity (Wildman–Crippen MR) is 75.9 cm³/mol. The second kappa shape index (κ2) is 6.92. The molecule has 0 saturated carbocycles. The summed E-state index contributed by atoms with van der Waals surface area (Å²) in [5.74, 6) is -2.02. The van der Waals surface area contributed by atoms with E-state index in [1.54, 1.807) is 6.92 Å². The standard InChI is InChI=1S/C11H11Cl2NO5S/c1-4-5(10(16)18-2)9(14-8(15)7(12)13)20-6(4)11(17)19-3/h7H,1-3H3,(H,14,15). The lowest BCUT2D eigenvalue weighted by molar-refractivity contribution is -0.114. The van der Waals surface area contributed by atoms with Crippen molar-refractivity contribution in [3.8, 4) is 0 Å². The maximum Gasteiger partial charge on any atom is 0.348 e. The first-order valence-corrected chi connectivity index (χ1v) is 6.91. The molecular formula is C11H11Cl2NO5S. The zero-order chi connectivity index (χ0) is 15.4. The number of carbonyl (C=O) groups is 3. The number of halogens is 2. The molecule has 1 N–H and O–H groups in total. The third-order valence-corrected chi connectivity index (χ3v) is 3.93. The fraction of sp³-hybridized carbons (Fsp3) is 0.364. The van der Waals surface area contributed by atoms with E-state index in [4.69, 9.17) is 23.2 Å². The summed E-state index contributed by atoms with van der Waals surface area (Å²) >= 11 is 11.7. The van der Waals surface area contributed by atoms with E-state index in [1.807, 2.05) is 0 Å². The van der Waals surface area contributed by atoms with Crippen LogP contribution in [0.2, 0.25) is 0 Å². The topological polar surface area (TPSA) is 81.7 Å². The first kappa shape index (κ1) is 16.7. The van der Waals surface area contributed by atoms with Gasteiger partial charge in [0, 0.05) is 0 Å². The van der Waals surface area contributed by atoms with Crippen LogP contribution in [0, 0.1) is 6.92 Å². The van der Waals surface area contributed by atoms with Gasteiger partial charge >= 0.3 is 11.9 Å². The molecule has 110 valence electrons. The second-order valence-electron chi connectivity index (χ2n) is 3.53. The monoisotopic (exact) mass is 339 g/mol. The first-order valence-electron chi connectivity index (χ1n) is 5.22. The summed E-state index contributed by atoms with van der Waals surface area (Å²) in [7, 11) is 2.40. The number of esters is 2. The highest BCUT2D eigenvalue weighted by Crippen LogP contribution is 2.34. The van der Waals surface area contributed by atoms with Crippen molar-refractivity contribution in [1.29, 1.82) is 0 Å². The Kier molecular flexibility index (Phi) is 5.79. The van der Waals surface area contributed by atoms with Crippen molar-refractivity contribution in [2.24, 2.45) is 0 Å². The van der Waals surface area contributed by atoms with Crippen LogP contribution in [0.5, 0.6) is 0 Å². The lowest BCUT2D eigenvalue weighted by Crippen LogP contribution is -2.19. The van der Waals surface area contributed by atoms with E-state index >= 15 is 0 Å². The quantitative estimate of drug-likeness (QED) is 0.672. The van der Waals surface area contributed by atoms with Gasteiger partial charge in [-0.3, -0.25) is 4.79 Å². The molecule has 0 aliphatic carbocycles. The van der Waals surface area contributed by atoms with Crippen LogP contribution in [0.25, 0.3) is 0 Å². The maximum absolute atomic E-state index is 11.7. The van der Waals surface area contributed by atoms with E-state index in [-0.39, 0.29) is 15.4 Å². The van der Waals surface area contributed by atoms with Crippen LogP contribution in [0.3, 0.4) is 0 Å². The van der Waals surface area contributed by atoms with Crippen LogP contribution < -0.4 is 5.32 Å². The molecular weight excluding hydrogens is 329 g/mol. The summed E-state index contributed by atoms with van der Waals surface area (Å²) in [5, 5.41) is 2.50. The molecule has 1 aromatic rings. The van der Waals surface area contributed by atoms with Crippen LogP contribution in [-0.4, -0.2) is 36.9 Å². The Morgan fingerprint density at radius 3 is 2.15 bits per heavy atom. The fourth-order valence-electron chi connectivity index (χ4n) is 1.40. The Balaban J connectivity index is 3.30. The minimum absolute atomic E-state index is 0.0697. The molecule has 0 atom stereocenters. The highest BCUT2D eigenvalue weighted by molar-refractivity contribution is 7.18. The number of nitrogens with one attached hydrogen (secondary N) is 1. The van der Waals surface area contributed by atoms with Crippen molar-refractivity contribution in [3.05, 3.63) is 16.0 Å². The third kappa shape index (κ3) is 3.41. The number of thiophene rings is 1. The molecule has 0 radical (unpaired) electrons. The SMILES string of the molecule is COC(=O)c1sc(NC(=O)C(Cl)Cl)c(C(=O)OC)c1C. The number of hydrogen-bond acceptors (Lipinski definition) is 6. The van der Waals surface area contributed by atoms with Crippen molar-refractivity contribution < 1.29 is 23.9 Å². The zero-order valence-corrected chi connectivity index (χ0v) is 13.1. The van der Waals surface area contributed by atoms with Crippen molar-refractivity contribution in [3.63, 3.8) is 0 Å². The molecule has 0 spiro atoms. The van der Waals surface area contributed by atoms with Crippen LogP contribution >= 0.6 is 34.5 Å². The highest BCUT2D eigenvalue weighted by Gasteiger charge is 2.27. The molecule has 0 bridgehead atoms. The molecule has 9 heteroatoms. The van der Waals surface area contributed by atoms with Gasteiger partial charge < -0.3 is 14.8 Å². The lowest BCUT2D eigenvalue weighted by atomic mass is 10.1. The highest BCUT2D eigenvalue weighted by atomic mass is 35.5. The van der Waals surface area contributed by atoms with Gasteiger partial charge in [0.15, 0.2) is 4.84 Å². The lowest BCUT2D eigenvalue weighted by Gasteiger charge is -2.05. The molecule has 6 nitrogen and oxygen atoms in total. The maximum atomic E-state index is 11.7. The van der Waals surface area contributed by atoms with Crippen LogP contribution in [0.4, 0.5) is 5.00 Å². The first-order chi connectivity index (χ1) is 9.33. The Labute approximate surface area is 128 Å². The van der Waals surface area contributed by atoms with E-state index in [1.165, 1.54) is 14.2 Å². The average molecular weight is 340 g/mol. The van der Waals surface area contributed by atoms with Crippen molar-refractivity contribution >= 4 is 57.4 Å². The summed E-state index contributed by atoms with van der Waals surface area (Å²) in [6.07, 6.45) is 0. The number of carbonyl (C=O) groups excluding carboxylic acids is 3. The zero-order valence-electron chi connectivity index (χ0n) is 10.8. The van der Waals surface area contributed by atoms with Gasteiger partial charge in [-0.25, -0.2) is 9.59 Å². The van der Waals surface area contributed by atoms with E-state index in [0.717, 1.165) is 11.3 Å². The van der Waals surface area contributed by atoms with Gasteiger partial charge in [0.2, 0.25) is 0 Å². The van der Waals surface area contributed by atoms with Gasteiger partial charge in [-0.15, -0.1) is 11.3 Å². The molecule has 1 heterocycles. The van der Waals surface area contributed by atoms with E-state index in [2.05, 4.69) is 14.8 Å². The summed E-state index contributed by atoms with van der Waals surface area (Å²) in [5.41, 5.74) is 0.421. The Morgan fingerprint density at radius 1 is 1.15 bits per heavy atom. The van der Waals surface area contributed by atoms with Crippen LogP contribution in [0.15, 0.2) is 0 Å². The molecule has 0 saturated heterocycles. The van der Waals surface area contributed by atoms with Crippen molar-refractivity contribution in [2.75, 3.05) is 19.5 Å². The van der Waals surface area contributed by atoms with Gasteiger partial charge in [-0.1, -0.05) is 23.2 Å². The predicted octanol–water partition coefficient (Wildman–Crippen LogP) is 2.37. The minimum Gasteiger partial charge on any atom is -0.465 e. The fourth-order valence-corrected chi connectivity index (χ4v) is 2.63. The molecule has 1 aromatic heterocycles. The smallest absolute Gasteiger partial charge is 0.348 e. The van der Waals surface area contributed by atoms with Crippen molar-refractivity contribution in [1.82, 2.24) is 0 Å². The normalized spacial score (nSPS) is 10.3. The Morgan fingerprint density at radius 2 is 1.70 bits per heavy atom. The number of ether oxygens (including phenoxy) is 2. The molecule has 0 fully saturated rings. The number of amides is 1. The largest absolute Gasteiger partial charge is 0.465 e. The second-order valence-corrected chi connectivity index (χ2v) is 5.65. The number of hydrogen-bond donors (Lipinski definition) is 1. The van der Waals surface area contributed by atoms with Gasteiger partial charge in [0.05, 0.1) is 19.8 Å². The van der Waals surface area contributed by atoms with Gasteiger partial charge in [0.1, 0.15) is 9.88 Å². The van der Waals surface area contributed by atoms with E-state index in [0.29, 0.717) is 5.56 Å². The number of rotatable bonds is 4. The summed E-state index contributed by atoms with van der Waals surface area (Å²) in [6.45, 7) is 1.55. The van der Waals surface area contributed by atoms with Gasteiger partial charge in [0.25, 0.3) is 5.91 Å². The third-order valence-electron chi connectivity index (χ3n) is 2.34. The molecule has 0 unspecified atom stereocenters. The summed E-state index contributed by atoms with van der Waals surface area (Å²) < 4.78 is 9.23. The molecule has 0 aliphatic rings. The van der Waals surface area contributed by atoms with Gasteiger partial charge in [-0.2, -0.15) is 0 Å². The average Bonchev–Trinajstić information content (AvgIpc) is 2.73. The molecule has 1 rings (SSSR count). The Hall–Kier alpha value is -1.31. The van der Waals surface area contributed by atoms with Crippen LogP contribution in [0.1, 0.15) is 25.6 Å². The summed E-state index contributed by atoms with van der Waals surface area (Å²) in [6, 6.07) is 0. The molecule has 0 aromatic carbocycles. The van der Waals surface area contributed by atoms with E-state index < -0.39 is 22.7 Å². The van der Waals surface area contributed by atoms with E-state index in [9.17, 15) is 14.4 Å². The van der Waals surface area contributed by atoms with Crippen molar-refractivity contribution in [2.45, 2.75) is 11.8 Å². The Bertz CT molecular complexity index is 555. The van der Waals surface area contributed by atoms with Gasteiger partial charge in [-0.05, 0) is 12.5 Å². The molecule has 0 aliphatic heterocycles. The number of methoxy groups -OCH3 is 2. The number of alkyl halides is 2.